The van der Waals surface area contributed by atoms with Crippen LogP contribution in [0, 0.1) is 0 Å². The van der Waals surface area contributed by atoms with E-state index in [2.05, 4.69) is 187 Å². The molecule has 4 rings (SSSR count). The smallest absolute Gasteiger partial charge is 0.0361 e. The highest BCUT2D eigenvalue weighted by Crippen LogP contribution is 2.48. The molecule has 0 aliphatic carbocycles. The van der Waals surface area contributed by atoms with Crippen molar-refractivity contribution in [3.63, 3.8) is 0 Å². The minimum Gasteiger partial charge on any atom is -0.378 e. The van der Waals surface area contributed by atoms with Crippen molar-refractivity contribution in [2.45, 2.75) is 31.6 Å². The number of anilines is 4. The normalized spacial score (nSPS) is 12.7. The Morgan fingerprint density at radius 2 is 0.558 bits per heavy atom. The van der Waals surface area contributed by atoms with Gasteiger partial charge in [0.1, 0.15) is 0 Å². The third-order valence-corrected chi connectivity index (χ3v) is 13.7. The molecule has 4 aromatic rings. The zero-order valence-electron chi connectivity index (χ0n) is 27.8. The number of rotatable bonds is 12. The van der Waals surface area contributed by atoms with Crippen LogP contribution in [0.1, 0.15) is 20.3 Å². The molecule has 0 aromatic heterocycles. The zero-order chi connectivity index (χ0) is 31.3. The SMILES string of the molecule is CC(C[C@H](C)P(c1ccc(N(C)C)cc1)c1ccc(N(C)C)cc1)P(c1ccc(N(C)C)cc1)c1ccc(N(C)C)cc1. The van der Waals surface area contributed by atoms with Gasteiger partial charge in [-0.25, -0.2) is 0 Å². The van der Waals surface area contributed by atoms with E-state index in [4.69, 9.17) is 0 Å². The molecule has 1 unspecified atom stereocenters. The average Bonchev–Trinajstić information content (AvgIpc) is 2.98. The van der Waals surface area contributed by atoms with Gasteiger partial charge in [0, 0.05) is 79.1 Å². The van der Waals surface area contributed by atoms with Crippen LogP contribution < -0.4 is 40.8 Å². The molecule has 0 spiro atoms. The predicted octanol–water partition coefficient (Wildman–Crippen LogP) is 6.68. The first-order valence-corrected chi connectivity index (χ1v) is 18.0. The lowest BCUT2D eigenvalue weighted by Gasteiger charge is -2.32. The minimum absolute atomic E-state index is 0.521. The quantitative estimate of drug-likeness (QED) is 0.166. The molecule has 0 fully saturated rings. The van der Waals surface area contributed by atoms with E-state index in [0.717, 1.165) is 6.42 Å². The molecule has 4 nitrogen and oxygen atoms in total. The fourth-order valence-corrected chi connectivity index (χ4v) is 11.4. The number of hydrogen-bond donors (Lipinski definition) is 0. The molecule has 43 heavy (non-hydrogen) atoms. The minimum atomic E-state index is -0.538. The average molecular weight is 613 g/mol. The molecule has 2 atom stereocenters. The van der Waals surface area contributed by atoms with Gasteiger partial charge in [0.15, 0.2) is 0 Å². The highest BCUT2D eigenvalue weighted by molar-refractivity contribution is 7.74. The first-order valence-electron chi connectivity index (χ1n) is 15.1. The van der Waals surface area contributed by atoms with E-state index in [1.54, 1.807) is 0 Å². The second-order valence-corrected chi connectivity index (χ2v) is 17.6. The molecule has 0 saturated carbocycles. The fourth-order valence-electron chi connectivity index (χ4n) is 5.67. The molecular weight excluding hydrogens is 562 g/mol. The Bertz CT molecular complexity index is 1200. The van der Waals surface area contributed by atoms with Crippen molar-refractivity contribution in [1.29, 1.82) is 0 Å². The molecular formula is C37H50N4P2. The predicted molar refractivity (Wildman–Crippen MR) is 199 cm³/mol. The van der Waals surface area contributed by atoms with Gasteiger partial charge in [-0.15, -0.1) is 0 Å². The Morgan fingerprint density at radius 1 is 0.372 bits per heavy atom. The first kappa shape index (κ1) is 32.8. The van der Waals surface area contributed by atoms with E-state index < -0.39 is 15.8 Å². The summed E-state index contributed by atoms with van der Waals surface area (Å²) >= 11 is 0. The maximum absolute atomic E-state index is 2.49. The Labute approximate surface area is 263 Å². The summed E-state index contributed by atoms with van der Waals surface area (Å²) in [7, 11) is 15.8. The molecule has 0 saturated heterocycles. The number of hydrogen-bond acceptors (Lipinski definition) is 4. The van der Waals surface area contributed by atoms with Crippen molar-refractivity contribution in [2.75, 3.05) is 76.0 Å². The summed E-state index contributed by atoms with van der Waals surface area (Å²) < 4.78 is 0. The zero-order valence-corrected chi connectivity index (χ0v) is 29.6. The summed E-state index contributed by atoms with van der Waals surface area (Å²) in [4.78, 5) is 8.72. The van der Waals surface area contributed by atoms with Crippen LogP contribution in [-0.2, 0) is 0 Å². The van der Waals surface area contributed by atoms with E-state index in [1.165, 1.54) is 44.0 Å². The lowest BCUT2D eigenvalue weighted by molar-refractivity contribution is 0.793. The second-order valence-electron chi connectivity index (χ2n) is 12.3. The summed E-state index contributed by atoms with van der Waals surface area (Å²) in [6, 6.07) is 37.2. The molecule has 0 amide bonds. The van der Waals surface area contributed by atoms with Gasteiger partial charge in [0.25, 0.3) is 0 Å². The van der Waals surface area contributed by atoms with Gasteiger partial charge in [-0.2, -0.15) is 0 Å². The summed E-state index contributed by atoms with van der Waals surface area (Å²) in [5.74, 6) is 0. The van der Waals surface area contributed by atoms with Crippen LogP contribution in [0.5, 0.6) is 0 Å². The van der Waals surface area contributed by atoms with Crippen LogP contribution >= 0.6 is 15.8 Å². The fraction of sp³-hybridized carbons (Fsp3) is 0.351. The van der Waals surface area contributed by atoms with Crippen molar-refractivity contribution < 1.29 is 0 Å². The van der Waals surface area contributed by atoms with E-state index in [-0.39, 0.29) is 0 Å². The van der Waals surface area contributed by atoms with E-state index in [9.17, 15) is 0 Å². The van der Waals surface area contributed by atoms with Gasteiger partial charge in [-0.05, 0) is 103 Å². The van der Waals surface area contributed by atoms with Crippen molar-refractivity contribution in [3.05, 3.63) is 97.1 Å². The topological polar surface area (TPSA) is 13.0 Å². The lowest BCUT2D eigenvalue weighted by atomic mass is 10.2. The van der Waals surface area contributed by atoms with Gasteiger partial charge in [-0.3, -0.25) is 0 Å². The van der Waals surface area contributed by atoms with E-state index in [1.807, 2.05) is 0 Å². The van der Waals surface area contributed by atoms with Gasteiger partial charge in [0.05, 0.1) is 0 Å². The number of nitrogens with zero attached hydrogens (tertiary/aromatic N) is 4. The van der Waals surface area contributed by atoms with Gasteiger partial charge in [-0.1, -0.05) is 62.4 Å². The molecule has 0 aliphatic rings. The van der Waals surface area contributed by atoms with Crippen LogP contribution in [0.3, 0.4) is 0 Å². The summed E-state index contributed by atoms with van der Waals surface area (Å²) in [5, 5.41) is 5.81. The maximum Gasteiger partial charge on any atom is 0.0361 e. The molecule has 0 N–H and O–H groups in total. The highest BCUT2D eigenvalue weighted by atomic mass is 31.1. The van der Waals surface area contributed by atoms with Crippen LogP contribution in [0.25, 0.3) is 0 Å². The Kier molecular flexibility index (Phi) is 11.2. The van der Waals surface area contributed by atoms with Crippen LogP contribution in [0.4, 0.5) is 22.7 Å². The third-order valence-electron chi connectivity index (χ3n) is 8.14. The molecule has 0 bridgehead atoms. The van der Waals surface area contributed by atoms with Crippen LogP contribution in [0.15, 0.2) is 97.1 Å². The van der Waals surface area contributed by atoms with Crippen LogP contribution in [0.2, 0.25) is 0 Å². The molecule has 0 aliphatic heterocycles. The Balaban J connectivity index is 1.70. The standard InChI is InChI=1S/C37H50N4P2/c1-28(42(34-19-11-30(12-20-34)38(3)4)35-21-13-31(14-22-35)39(5)6)27-29(2)43(36-23-15-32(16-24-36)40(7)8)37-25-17-33(18-26-37)41(9)10/h11-26,28-29H,27H2,1-10H3/t28-,29?/m0/s1. The number of benzene rings is 4. The molecule has 0 radical (unpaired) electrons. The maximum atomic E-state index is 2.49. The first-order chi connectivity index (χ1) is 20.5. The van der Waals surface area contributed by atoms with Gasteiger partial charge >= 0.3 is 0 Å². The Morgan fingerprint density at radius 3 is 0.721 bits per heavy atom. The largest absolute Gasteiger partial charge is 0.378 e. The molecule has 6 heteroatoms. The van der Waals surface area contributed by atoms with Crippen molar-refractivity contribution in [1.82, 2.24) is 0 Å². The lowest BCUT2D eigenvalue weighted by Crippen LogP contribution is -2.26. The van der Waals surface area contributed by atoms with Crippen molar-refractivity contribution in [2.24, 2.45) is 0 Å². The van der Waals surface area contributed by atoms with Crippen LogP contribution in [-0.4, -0.2) is 67.7 Å². The van der Waals surface area contributed by atoms with Crippen molar-refractivity contribution in [3.8, 4) is 0 Å². The van der Waals surface area contributed by atoms with Gasteiger partial charge in [0.2, 0.25) is 0 Å². The second kappa shape index (κ2) is 14.6. The summed E-state index contributed by atoms with van der Waals surface area (Å²) in [5.41, 5.74) is 6.02. The third kappa shape index (κ3) is 8.11. The van der Waals surface area contributed by atoms with E-state index >= 15 is 0 Å². The molecule has 0 heterocycles. The summed E-state index contributed by atoms with van der Waals surface area (Å²) in [6.07, 6.45) is 1.16. The van der Waals surface area contributed by atoms with E-state index in [0.29, 0.717) is 11.3 Å². The monoisotopic (exact) mass is 612 g/mol. The highest BCUT2D eigenvalue weighted by Gasteiger charge is 2.28. The molecule has 228 valence electrons. The summed E-state index contributed by atoms with van der Waals surface area (Å²) in [6.45, 7) is 4.97. The van der Waals surface area contributed by atoms with Crippen molar-refractivity contribution >= 4 is 59.8 Å². The molecule has 4 aromatic carbocycles. The Hall–Kier alpha value is -3.06. The van der Waals surface area contributed by atoms with Gasteiger partial charge < -0.3 is 19.6 Å².